The monoisotopic (exact) mass is 318 g/mol. The van der Waals surface area contributed by atoms with Gasteiger partial charge in [-0.15, -0.1) is 0 Å². The summed E-state index contributed by atoms with van der Waals surface area (Å²) >= 11 is 0. The molecule has 2 atom stereocenters. The highest BCUT2D eigenvalue weighted by molar-refractivity contribution is 5.27. The minimum Gasteiger partial charge on any atom is -0.497 e. The summed E-state index contributed by atoms with van der Waals surface area (Å²) in [6.07, 6.45) is 13.7. The van der Waals surface area contributed by atoms with Crippen molar-refractivity contribution in [2.45, 2.75) is 85.0 Å². The van der Waals surface area contributed by atoms with Crippen LogP contribution in [0.5, 0.6) is 5.75 Å². The van der Waals surface area contributed by atoms with Crippen LogP contribution in [0.4, 0.5) is 0 Å². The Morgan fingerprint density at radius 2 is 1.48 bits per heavy atom. The van der Waals surface area contributed by atoms with Crippen molar-refractivity contribution in [2.75, 3.05) is 7.11 Å². The highest BCUT2D eigenvalue weighted by atomic mass is 16.5. The lowest BCUT2D eigenvalue weighted by atomic mass is 9.89. The minimum atomic E-state index is 0.918. The molecule has 0 radical (unpaired) electrons. The molecular weight excluding hydrogens is 280 g/mol. The fourth-order valence-electron chi connectivity index (χ4n) is 3.62. The van der Waals surface area contributed by atoms with Gasteiger partial charge in [0.2, 0.25) is 0 Å². The molecule has 2 unspecified atom stereocenters. The molecule has 0 bridgehead atoms. The first-order valence-corrected chi connectivity index (χ1v) is 9.82. The van der Waals surface area contributed by atoms with Crippen LogP contribution in [0.25, 0.3) is 0 Å². The first kappa shape index (κ1) is 20.1. The van der Waals surface area contributed by atoms with E-state index in [1.165, 1.54) is 69.8 Å². The highest BCUT2D eigenvalue weighted by Crippen LogP contribution is 2.24. The van der Waals surface area contributed by atoms with E-state index < -0.39 is 0 Å². The van der Waals surface area contributed by atoms with E-state index >= 15 is 0 Å². The smallest absolute Gasteiger partial charge is 0.118 e. The van der Waals surface area contributed by atoms with Gasteiger partial charge in [0.25, 0.3) is 0 Å². The van der Waals surface area contributed by atoms with E-state index in [-0.39, 0.29) is 0 Å². The zero-order chi connectivity index (χ0) is 16.9. The number of benzene rings is 1. The maximum Gasteiger partial charge on any atom is 0.118 e. The van der Waals surface area contributed by atoms with Gasteiger partial charge in [0.15, 0.2) is 0 Å². The molecule has 1 nitrogen and oxygen atoms in total. The van der Waals surface area contributed by atoms with Gasteiger partial charge in [-0.1, -0.05) is 84.3 Å². The zero-order valence-electron chi connectivity index (χ0n) is 15.9. The lowest BCUT2D eigenvalue weighted by molar-refractivity contribution is 0.364. The number of ether oxygens (including phenoxy) is 1. The minimum absolute atomic E-state index is 0.918. The van der Waals surface area contributed by atoms with E-state index in [1.54, 1.807) is 7.11 Å². The van der Waals surface area contributed by atoms with Crippen molar-refractivity contribution < 1.29 is 4.74 Å². The highest BCUT2D eigenvalue weighted by Gasteiger charge is 2.09. The number of hydrogen-bond acceptors (Lipinski definition) is 1. The molecule has 1 aromatic carbocycles. The summed E-state index contributed by atoms with van der Waals surface area (Å²) in [5, 5.41) is 0. The van der Waals surface area contributed by atoms with Crippen LogP contribution in [0.15, 0.2) is 24.3 Å². The van der Waals surface area contributed by atoms with E-state index in [4.69, 9.17) is 4.74 Å². The lowest BCUT2D eigenvalue weighted by Crippen LogP contribution is -2.03. The van der Waals surface area contributed by atoms with Crippen molar-refractivity contribution >= 4 is 0 Å². The Bertz CT molecular complexity index is 381. The van der Waals surface area contributed by atoms with E-state index in [0.29, 0.717) is 0 Å². The van der Waals surface area contributed by atoms with Gasteiger partial charge in [-0.2, -0.15) is 0 Å². The Morgan fingerprint density at radius 3 is 2.09 bits per heavy atom. The molecule has 0 fully saturated rings. The molecule has 0 saturated carbocycles. The molecular formula is C22H38O. The Kier molecular flexibility index (Phi) is 10.9. The third kappa shape index (κ3) is 9.03. The van der Waals surface area contributed by atoms with Crippen LogP contribution in [0, 0.1) is 11.8 Å². The van der Waals surface area contributed by atoms with Gasteiger partial charge in [-0.25, -0.2) is 0 Å². The molecule has 0 N–H and O–H groups in total. The van der Waals surface area contributed by atoms with Crippen LogP contribution in [0.3, 0.4) is 0 Å². The maximum atomic E-state index is 5.22. The van der Waals surface area contributed by atoms with E-state index in [2.05, 4.69) is 45.0 Å². The first-order chi connectivity index (χ1) is 11.2. The van der Waals surface area contributed by atoms with Gasteiger partial charge >= 0.3 is 0 Å². The molecule has 0 aromatic heterocycles. The molecule has 1 rings (SSSR count). The number of rotatable bonds is 13. The van der Waals surface area contributed by atoms with Gasteiger partial charge in [0, 0.05) is 0 Å². The van der Waals surface area contributed by atoms with Crippen LogP contribution in [-0.2, 0) is 6.42 Å². The topological polar surface area (TPSA) is 9.23 Å². The summed E-state index contributed by atoms with van der Waals surface area (Å²) in [7, 11) is 1.73. The summed E-state index contributed by atoms with van der Waals surface area (Å²) < 4.78 is 5.22. The Morgan fingerprint density at radius 1 is 0.826 bits per heavy atom. The Labute approximate surface area is 144 Å². The molecule has 0 aliphatic heterocycles. The van der Waals surface area contributed by atoms with Crippen LogP contribution in [-0.4, -0.2) is 7.11 Å². The lowest BCUT2D eigenvalue weighted by Gasteiger charge is -2.17. The second-order valence-corrected chi connectivity index (χ2v) is 7.22. The molecule has 0 heterocycles. The van der Waals surface area contributed by atoms with Crippen molar-refractivity contribution in [3.63, 3.8) is 0 Å². The standard InChI is InChI=1S/C22H38O/c1-5-9-19(3)11-7-12-20(10-6-2)13-8-14-21-15-17-22(23-4)18-16-21/h15-20H,5-14H2,1-4H3. The SMILES string of the molecule is CCCC(C)CCCC(CCC)CCCc1ccc(OC)cc1. The van der Waals surface area contributed by atoms with Gasteiger partial charge < -0.3 is 4.74 Å². The number of aryl methyl sites for hydroxylation is 1. The van der Waals surface area contributed by atoms with Crippen molar-refractivity contribution in [3.8, 4) is 5.75 Å². The summed E-state index contributed by atoms with van der Waals surface area (Å²) in [6, 6.07) is 8.57. The van der Waals surface area contributed by atoms with Crippen molar-refractivity contribution in [3.05, 3.63) is 29.8 Å². The molecule has 0 amide bonds. The molecule has 0 spiro atoms. The maximum absolute atomic E-state index is 5.22. The predicted octanol–water partition coefficient (Wildman–Crippen LogP) is 7.04. The number of hydrogen-bond donors (Lipinski definition) is 0. The normalized spacial score (nSPS) is 13.7. The van der Waals surface area contributed by atoms with Crippen LogP contribution in [0.1, 0.15) is 84.1 Å². The first-order valence-electron chi connectivity index (χ1n) is 9.82. The molecule has 0 aliphatic carbocycles. The summed E-state index contributed by atoms with van der Waals surface area (Å²) in [4.78, 5) is 0. The third-order valence-corrected chi connectivity index (χ3v) is 5.02. The summed E-state index contributed by atoms with van der Waals surface area (Å²) in [5.74, 6) is 2.81. The van der Waals surface area contributed by atoms with Gasteiger partial charge in [-0.3, -0.25) is 0 Å². The zero-order valence-corrected chi connectivity index (χ0v) is 15.9. The van der Waals surface area contributed by atoms with Crippen molar-refractivity contribution in [2.24, 2.45) is 11.8 Å². The average molecular weight is 319 g/mol. The van der Waals surface area contributed by atoms with Crippen LogP contribution < -0.4 is 4.74 Å². The molecule has 23 heavy (non-hydrogen) atoms. The van der Waals surface area contributed by atoms with Crippen LogP contribution >= 0.6 is 0 Å². The fourth-order valence-corrected chi connectivity index (χ4v) is 3.62. The molecule has 132 valence electrons. The average Bonchev–Trinajstić information content (AvgIpc) is 2.56. The number of methoxy groups -OCH3 is 1. The second kappa shape index (κ2) is 12.4. The van der Waals surface area contributed by atoms with Crippen molar-refractivity contribution in [1.29, 1.82) is 0 Å². The quantitative estimate of drug-likeness (QED) is 0.379. The summed E-state index contributed by atoms with van der Waals surface area (Å²) in [5.41, 5.74) is 1.44. The predicted molar refractivity (Wildman–Crippen MR) is 102 cm³/mol. The summed E-state index contributed by atoms with van der Waals surface area (Å²) in [6.45, 7) is 7.05. The molecule has 1 heteroatoms. The Hall–Kier alpha value is -0.980. The van der Waals surface area contributed by atoms with Crippen molar-refractivity contribution in [1.82, 2.24) is 0 Å². The molecule has 0 aliphatic rings. The van der Waals surface area contributed by atoms with E-state index in [0.717, 1.165) is 17.6 Å². The fraction of sp³-hybridized carbons (Fsp3) is 0.727. The second-order valence-electron chi connectivity index (χ2n) is 7.22. The van der Waals surface area contributed by atoms with Gasteiger partial charge in [0.05, 0.1) is 7.11 Å². The van der Waals surface area contributed by atoms with Gasteiger partial charge in [-0.05, 0) is 42.4 Å². The largest absolute Gasteiger partial charge is 0.497 e. The van der Waals surface area contributed by atoms with Crippen LogP contribution in [0.2, 0.25) is 0 Å². The van der Waals surface area contributed by atoms with E-state index in [1.807, 2.05) is 0 Å². The Balaban J connectivity index is 2.26. The van der Waals surface area contributed by atoms with E-state index in [9.17, 15) is 0 Å². The molecule has 1 aromatic rings. The molecule has 0 saturated heterocycles. The third-order valence-electron chi connectivity index (χ3n) is 5.02. The van der Waals surface area contributed by atoms with Gasteiger partial charge in [0.1, 0.15) is 5.75 Å².